The van der Waals surface area contributed by atoms with Gasteiger partial charge >= 0.3 is 0 Å². The summed E-state index contributed by atoms with van der Waals surface area (Å²) in [5.74, 6) is 6.96. The van der Waals surface area contributed by atoms with Gasteiger partial charge in [-0.05, 0) is 18.9 Å². The third-order valence-corrected chi connectivity index (χ3v) is 7.42. The molecule has 0 aliphatic carbocycles. The molecule has 0 bridgehead atoms. The second-order valence-electron chi connectivity index (χ2n) is 5.18. The summed E-state index contributed by atoms with van der Waals surface area (Å²) in [6, 6.07) is 2.46. The number of rotatable bonds is 5. The fraction of sp³-hybridized carbons (Fsp3) is 0.769. The fourth-order valence-corrected chi connectivity index (χ4v) is 5.50. The molecule has 3 N–H and O–H groups in total. The van der Waals surface area contributed by atoms with Gasteiger partial charge in [-0.3, -0.25) is 16.0 Å². The van der Waals surface area contributed by atoms with Crippen LogP contribution in [0.1, 0.15) is 26.0 Å². The Kier molecular flexibility index (Phi) is 5.62. The number of hydrogen-bond donors (Lipinski definition) is 2. The molecule has 0 amide bonds. The van der Waals surface area contributed by atoms with Gasteiger partial charge in [0.05, 0.1) is 0 Å². The molecule has 2 rings (SSSR count). The van der Waals surface area contributed by atoms with Gasteiger partial charge in [-0.1, -0.05) is 13.8 Å². The molecular weight excluding hydrogens is 276 g/mol. The molecule has 1 aromatic heterocycles. The van der Waals surface area contributed by atoms with Crippen LogP contribution in [0.5, 0.6) is 0 Å². The zero-order chi connectivity index (χ0) is 13.8. The van der Waals surface area contributed by atoms with Gasteiger partial charge in [0.15, 0.2) is 0 Å². The van der Waals surface area contributed by atoms with Crippen molar-refractivity contribution in [2.45, 2.75) is 48.5 Å². The van der Waals surface area contributed by atoms with Gasteiger partial charge in [0, 0.05) is 46.5 Å². The molecule has 1 saturated heterocycles. The summed E-state index contributed by atoms with van der Waals surface area (Å²) >= 11 is 4.15. The van der Waals surface area contributed by atoms with Crippen LogP contribution >= 0.6 is 23.5 Å². The molecule has 0 spiro atoms. The van der Waals surface area contributed by atoms with Crippen molar-refractivity contribution in [3.8, 4) is 0 Å². The lowest BCUT2D eigenvalue weighted by molar-refractivity contribution is 0.483. The molecule has 0 aromatic carbocycles. The van der Waals surface area contributed by atoms with E-state index in [9.17, 15) is 0 Å². The molecule has 0 saturated carbocycles. The van der Waals surface area contributed by atoms with Gasteiger partial charge in [-0.25, -0.2) is 0 Å². The first-order chi connectivity index (χ1) is 9.11. The van der Waals surface area contributed by atoms with Crippen molar-refractivity contribution >= 4 is 23.5 Å². The first kappa shape index (κ1) is 15.2. The smallest absolute Gasteiger partial charge is 0.0492 e. The van der Waals surface area contributed by atoms with E-state index in [0.29, 0.717) is 16.5 Å². The molecule has 1 aliphatic rings. The number of thioether (sulfide) groups is 2. The average Bonchev–Trinajstić information content (AvgIpc) is 2.80. The molecule has 2 heterocycles. The fourth-order valence-electron chi connectivity index (χ4n) is 2.35. The zero-order valence-corrected chi connectivity index (χ0v) is 13.5. The van der Waals surface area contributed by atoms with Crippen LogP contribution in [0.3, 0.4) is 0 Å². The number of hydrazine groups is 1. The third-order valence-electron chi connectivity index (χ3n) is 3.87. The van der Waals surface area contributed by atoms with Gasteiger partial charge in [0.2, 0.25) is 0 Å². The van der Waals surface area contributed by atoms with Crippen molar-refractivity contribution in [2.24, 2.45) is 12.9 Å². The predicted molar refractivity (Wildman–Crippen MR) is 85.4 cm³/mol. The predicted octanol–water partition coefficient (Wildman–Crippen LogP) is 1.81. The summed E-state index contributed by atoms with van der Waals surface area (Å²) in [6.45, 7) is 4.64. The topological polar surface area (TPSA) is 55.9 Å². The molecule has 4 nitrogen and oxygen atoms in total. The molecular formula is C13H24N4S2. The number of nitrogens with zero attached hydrogens (tertiary/aromatic N) is 2. The lowest BCUT2D eigenvalue weighted by Crippen LogP contribution is -2.46. The molecule has 1 aromatic rings. The molecule has 108 valence electrons. The lowest BCUT2D eigenvalue weighted by atomic mass is 10.1. The van der Waals surface area contributed by atoms with E-state index in [-0.39, 0.29) is 0 Å². The number of hydrogen-bond acceptors (Lipinski definition) is 5. The van der Waals surface area contributed by atoms with E-state index >= 15 is 0 Å². The number of aromatic nitrogens is 2. The Morgan fingerprint density at radius 3 is 2.89 bits per heavy atom. The van der Waals surface area contributed by atoms with E-state index in [0.717, 1.165) is 18.1 Å². The van der Waals surface area contributed by atoms with Crippen LogP contribution in [0.2, 0.25) is 0 Å². The second-order valence-corrected chi connectivity index (χ2v) is 8.21. The summed E-state index contributed by atoms with van der Waals surface area (Å²) in [4.78, 5) is 0. The lowest BCUT2D eigenvalue weighted by Gasteiger charge is -2.35. The molecule has 4 unspecified atom stereocenters. The van der Waals surface area contributed by atoms with E-state index in [1.807, 2.05) is 17.9 Å². The maximum Gasteiger partial charge on any atom is 0.0492 e. The van der Waals surface area contributed by atoms with Crippen LogP contribution in [0, 0.1) is 0 Å². The van der Waals surface area contributed by atoms with E-state index < -0.39 is 0 Å². The van der Waals surface area contributed by atoms with Crippen LogP contribution in [-0.4, -0.2) is 37.3 Å². The summed E-state index contributed by atoms with van der Waals surface area (Å²) in [5, 5.41) is 6.27. The Bertz CT molecular complexity index is 396. The Balaban J connectivity index is 1.88. The zero-order valence-electron chi connectivity index (χ0n) is 11.9. The number of aryl methyl sites for hydroxylation is 2. The highest BCUT2D eigenvalue weighted by molar-refractivity contribution is 8.07. The van der Waals surface area contributed by atoms with Gasteiger partial charge < -0.3 is 0 Å². The number of nitrogens with one attached hydrogen (secondary N) is 1. The SMILES string of the molecule is CC1SCC(C(CCc2ccnn2C)NN)SC1C. The highest BCUT2D eigenvalue weighted by Gasteiger charge is 2.30. The maximum absolute atomic E-state index is 5.77. The third kappa shape index (κ3) is 3.90. The van der Waals surface area contributed by atoms with Crippen molar-refractivity contribution in [3.05, 3.63) is 18.0 Å². The molecule has 1 fully saturated rings. The Morgan fingerprint density at radius 1 is 1.53 bits per heavy atom. The first-order valence-corrected chi connectivity index (χ1v) is 8.81. The maximum atomic E-state index is 5.77. The van der Waals surface area contributed by atoms with E-state index in [1.165, 1.54) is 11.4 Å². The largest absolute Gasteiger partial charge is 0.273 e. The summed E-state index contributed by atoms with van der Waals surface area (Å²) in [7, 11) is 2.00. The highest BCUT2D eigenvalue weighted by atomic mass is 32.2. The van der Waals surface area contributed by atoms with Crippen LogP contribution < -0.4 is 11.3 Å². The van der Waals surface area contributed by atoms with E-state index in [4.69, 9.17) is 5.84 Å². The Hall–Kier alpha value is -0.170. The van der Waals surface area contributed by atoms with Crippen LogP contribution in [0.15, 0.2) is 12.3 Å². The van der Waals surface area contributed by atoms with Crippen molar-refractivity contribution in [1.82, 2.24) is 15.2 Å². The van der Waals surface area contributed by atoms with Crippen molar-refractivity contribution < 1.29 is 0 Å². The molecule has 6 heteroatoms. The summed E-state index contributed by atoms with van der Waals surface area (Å²) in [6.07, 6.45) is 3.95. The van der Waals surface area contributed by atoms with E-state index in [2.05, 4.69) is 54.0 Å². The van der Waals surface area contributed by atoms with Crippen LogP contribution in [0.25, 0.3) is 0 Å². The first-order valence-electron chi connectivity index (χ1n) is 6.82. The van der Waals surface area contributed by atoms with Gasteiger partial charge in [0.25, 0.3) is 0 Å². The van der Waals surface area contributed by atoms with Crippen molar-refractivity contribution in [1.29, 1.82) is 0 Å². The molecule has 0 radical (unpaired) electrons. The second kappa shape index (κ2) is 7.02. The molecule has 4 atom stereocenters. The highest BCUT2D eigenvalue weighted by Crippen LogP contribution is 2.37. The van der Waals surface area contributed by atoms with Gasteiger partial charge in [0.1, 0.15) is 0 Å². The van der Waals surface area contributed by atoms with E-state index in [1.54, 1.807) is 0 Å². The minimum Gasteiger partial charge on any atom is -0.273 e. The van der Waals surface area contributed by atoms with Crippen molar-refractivity contribution in [3.63, 3.8) is 0 Å². The van der Waals surface area contributed by atoms with Crippen molar-refractivity contribution in [2.75, 3.05) is 5.75 Å². The summed E-state index contributed by atoms with van der Waals surface area (Å²) < 4.78 is 1.95. The normalized spacial score (nSPS) is 29.4. The minimum absolute atomic E-state index is 0.377. The Morgan fingerprint density at radius 2 is 2.32 bits per heavy atom. The average molecular weight is 300 g/mol. The number of nitrogens with two attached hydrogens (primary N) is 1. The minimum atomic E-state index is 0.377. The molecule has 19 heavy (non-hydrogen) atoms. The van der Waals surface area contributed by atoms with Gasteiger partial charge in [-0.2, -0.15) is 28.6 Å². The standard InChI is InChI=1S/C13H24N4S2/c1-9-10(2)19-13(8-18-9)12(16-14)5-4-11-6-7-15-17(11)3/h6-7,9-10,12-13,16H,4-5,8,14H2,1-3H3. The quantitative estimate of drug-likeness (QED) is 0.641. The molecule has 1 aliphatic heterocycles. The van der Waals surface area contributed by atoms with Gasteiger partial charge in [-0.15, -0.1) is 0 Å². The van der Waals surface area contributed by atoms with Crippen LogP contribution in [0.4, 0.5) is 0 Å². The Labute approximate surface area is 124 Å². The monoisotopic (exact) mass is 300 g/mol. The summed E-state index contributed by atoms with van der Waals surface area (Å²) in [5.41, 5.74) is 4.30. The van der Waals surface area contributed by atoms with Crippen LogP contribution in [-0.2, 0) is 13.5 Å².